The number of ether oxygens (including phenoxy) is 1. The van der Waals surface area contributed by atoms with Gasteiger partial charge in [0, 0.05) is 17.3 Å². The van der Waals surface area contributed by atoms with Crippen molar-refractivity contribution in [1.29, 1.82) is 0 Å². The average molecular weight is 289 g/mol. The molecule has 0 aliphatic carbocycles. The summed E-state index contributed by atoms with van der Waals surface area (Å²) < 4.78 is 5.41. The van der Waals surface area contributed by atoms with Gasteiger partial charge in [0.15, 0.2) is 0 Å². The second-order valence-electron chi connectivity index (χ2n) is 5.07. The second-order valence-corrected chi connectivity index (χ2v) is 6.10. The lowest BCUT2D eigenvalue weighted by molar-refractivity contribution is 0.410. The molecule has 0 saturated carbocycles. The number of hydrogen-bond donors (Lipinski definition) is 1. The van der Waals surface area contributed by atoms with E-state index in [1.54, 1.807) is 7.11 Å². The van der Waals surface area contributed by atoms with Crippen molar-refractivity contribution in [3.63, 3.8) is 0 Å². The van der Waals surface area contributed by atoms with Gasteiger partial charge in [0.1, 0.15) is 5.75 Å². The van der Waals surface area contributed by atoms with E-state index in [4.69, 9.17) is 4.74 Å². The smallest absolute Gasteiger partial charge is 0.122 e. The fourth-order valence-electron chi connectivity index (χ4n) is 2.58. The van der Waals surface area contributed by atoms with E-state index in [1.807, 2.05) is 11.3 Å². The molecule has 0 amide bonds. The third-order valence-electron chi connectivity index (χ3n) is 3.59. The van der Waals surface area contributed by atoms with Crippen LogP contribution in [0.5, 0.6) is 5.75 Å². The first-order valence-electron chi connectivity index (χ1n) is 7.06. The average Bonchev–Trinajstić information content (AvgIpc) is 2.93. The van der Waals surface area contributed by atoms with E-state index in [1.165, 1.54) is 21.6 Å². The number of thiophene rings is 1. The van der Waals surface area contributed by atoms with Crippen LogP contribution in [-0.4, -0.2) is 13.7 Å². The third-order valence-corrected chi connectivity index (χ3v) is 4.49. The Balaban J connectivity index is 2.31. The molecule has 1 unspecified atom stereocenters. The summed E-state index contributed by atoms with van der Waals surface area (Å²) in [6.07, 6.45) is 1.04. The first kappa shape index (κ1) is 15.1. The Bertz CT molecular complexity index is 548. The molecule has 20 heavy (non-hydrogen) atoms. The number of rotatable bonds is 6. The van der Waals surface area contributed by atoms with Gasteiger partial charge in [0.25, 0.3) is 0 Å². The van der Waals surface area contributed by atoms with Gasteiger partial charge in [-0.3, -0.25) is 0 Å². The fourth-order valence-corrected chi connectivity index (χ4v) is 3.33. The van der Waals surface area contributed by atoms with Gasteiger partial charge in [-0.05, 0) is 54.6 Å². The van der Waals surface area contributed by atoms with Crippen molar-refractivity contribution in [3.8, 4) is 5.75 Å². The van der Waals surface area contributed by atoms with Crippen LogP contribution in [0.15, 0.2) is 29.6 Å². The lowest BCUT2D eigenvalue weighted by Gasteiger charge is -2.21. The molecule has 0 spiro atoms. The Kier molecular flexibility index (Phi) is 5.21. The fraction of sp³-hybridized carbons (Fsp3) is 0.412. The Morgan fingerprint density at radius 3 is 2.65 bits per heavy atom. The van der Waals surface area contributed by atoms with Gasteiger partial charge >= 0.3 is 0 Å². The highest BCUT2D eigenvalue weighted by molar-refractivity contribution is 7.09. The topological polar surface area (TPSA) is 21.3 Å². The van der Waals surface area contributed by atoms with Crippen LogP contribution in [-0.2, 0) is 6.42 Å². The highest BCUT2D eigenvalue weighted by Crippen LogP contribution is 2.29. The zero-order valence-electron chi connectivity index (χ0n) is 12.7. The molecule has 3 heteroatoms. The number of hydrogen-bond acceptors (Lipinski definition) is 3. The number of nitrogens with one attached hydrogen (secondary N) is 1. The zero-order valence-corrected chi connectivity index (χ0v) is 13.5. The highest BCUT2D eigenvalue weighted by atomic mass is 32.1. The molecule has 2 aromatic rings. The summed E-state index contributed by atoms with van der Waals surface area (Å²) in [5, 5.41) is 5.75. The molecular formula is C17H23NOS. The summed E-state index contributed by atoms with van der Waals surface area (Å²) >= 11 is 1.82. The van der Waals surface area contributed by atoms with Gasteiger partial charge in [-0.15, -0.1) is 11.3 Å². The molecule has 0 aliphatic rings. The van der Waals surface area contributed by atoms with Gasteiger partial charge in [0.2, 0.25) is 0 Å². The van der Waals surface area contributed by atoms with Crippen molar-refractivity contribution in [1.82, 2.24) is 5.32 Å². The van der Waals surface area contributed by atoms with Crippen LogP contribution >= 0.6 is 11.3 Å². The van der Waals surface area contributed by atoms with E-state index >= 15 is 0 Å². The quantitative estimate of drug-likeness (QED) is 0.857. The summed E-state index contributed by atoms with van der Waals surface area (Å²) in [6.45, 7) is 7.40. The maximum atomic E-state index is 5.41. The number of aryl methyl sites for hydroxylation is 2. The molecule has 1 heterocycles. The minimum Gasteiger partial charge on any atom is -0.496 e. The second kappa shape index (κ2) is 6.91. The van der Waals surface area contributed by atoms with Crippen LogP contribution in [0.3, 0.4) is 0 Å². The third kappa shape index (κ3) is 3.41. The Morgan fingerprint density at radius 1 is 1.25 bits per heavy atom. The van der Waals surface area contributed by atoms with Gasteiger partial charge in [-0.1, -0.05) is 19.1 Å². The maximum Gasteiger partial charge on any atom is 0.122 e. The minimum atomic E-state index is 0.364. The van der Waals surface area contributed by atoms with Gasteiger partial charge in [-0.2, -0.15) is 0 Å². The van der Waals surface area contributed by atoms with Crippen molar-refractivity contribution in [2.45, 2.75) is 33.2 Å². The molecule has 108 valence electrons. The van der Waals surface area contributed by atoms with E-state index in [2.05, 4.69) is 55.7 Å². The van der Waals surface area contributed by atoms with Crippen molar-refractivity contribution in [2.24, 2.45) is 0 Å². The van der Waals surface area contributed by atoms with Gasteiger partial charge < -0.3 is 10.1 Å². The molecule has 1 atom stereocenters. The molecule has 1 aromatic carbocycles. The molecule has 0 aliphatic heterocycles. The standard InChI is InChI=1S/C17H23NOS/c1-5-18-16(11-14-7-6-8-20-14)15-9-13(3)17(19-4)10-12(15)2/h6-10,16,18H,5,11H2,1-4H3. The molecule has 0 bridgehead atoms. The van der Waals surface area contributed by atoms with E-state index in [0.29, 0.717) is 6.04 Å². The van der Waals surface area contributed by atoms with Crippen molar-refractivity contribution < 1.29 is 4.74 Å². The van der Waals surface area contributed by atoms with Crippen LogP contribution in [0.2, 0.25) is 0 Å². The van der Waals surface area contributed by atoms with Crippen LogP contribution in [0.1, 0.15) is 34.5 Å². The van der Waals surface area contributed by atoms with E-state index in [-0.39, 0.29) is 0 Å². The molecule has 0 saturated heterocycles. The number of methoxy groups -OCH3 is 1. The van der Waals surface area contributed by atoms with Gasteiger partial charge in [-0.25, -0.2) is 0 Å². The Hall–Kier alpha value is -1.32. The molecule has 1 N–H and O–H groups in total. The van der Waals surface area contributed by atoms with E-state index in [0.717, 1.165) is 18.7 Å². The van der Waals surface area contributed by atoms with Crippen molar-refractivity contribution >= 4 is 11.3 Å². The summed E-state index contributed by atoms with van der Waals surface area (Å²) in [7, 11) is 1.73. The highest BCUT2D eigenvalue weighted by Gasteiger charge is 2.16. The molecule has 2 nitrogen and oxygen atoms in total. The summed E-state index contributed by atoms with van der Waals surface area (Å²) in [6, 6.07) is 9.09. The van der Waals surface area contributed by atoms with Gasteiger partial charge in [0.05, 0.1) is 7.11 Å². The lowest BCUT2D eigenvalue weighted by Crippen LogP contribution is -2.23. The largest absolute Gasteiger partial charge is 0.496 e. The minimum absolute atomic E-state index is 0.364. The van der Waals surface area contributed by atoms with Crippen LogP contribution in [0.4, 0.5) is 0 Å². The Labute approximate surface area is 125 Å². The van der Waals surface area contributed by atoms with Crippen LogP contribution in [0, 0.1) is 13.8 Å². The molecular weight excluding hydrogens is 266 g/mol. The zero-order chi connectivity index (χ0) is 14.5. The molecule has 0 radical (unpaired) electrons. The number of likely N-dealkylation sites (N-methyl/N-ethyl adjacent to an activating group) is 1. The first-order chi connectivity index (χ1) is 9.65. The number of benzene rings is 1. The predicted molar refractivity (Wildman–Crippen MR) is 86.9 cm³/mol. The summed E-state index contributed by atoms with van der Waals surface area (Å²) in [5.41, 5.74) is 3.86. The lowest BCUT2D eigenvalue weighted by atomic mass is 9.95. The summed E-state index contributed by atoms with van der Waals surface area (Å²) in [4.78, 5) is 1.42. The normalized spacial score (nSPS) is 12.4. The van der Waals surface area contributed by atoms with E-state index in [9.17, 15) is 0 Å². The Morgan fingerprint density at radius 2 is 2.05 bits per heavy atom. The van der Waals surface area contributed by atoms with Crippen LogP contribution in [0.25, 0.3) is 0 Å². The molecule has 1 aromatic heterocycles. The molecule has 0 fully saturated rings. The monoisotopic (exact) mass is 289 g/mol. The van der Waals surface area contributed by atoms with Crippen molar-refractivity contribution in [3.05, 3.63) is 51.2 Å². The SMILES string of the molecule is CCNC(Cc1cccs1)c1cc(C)c(OC)cc1C. The predicted octanol–water partition coefficient (Wildman–Crippen LogP) is 4.27. The van der Waals surface area contributed by atoms with Crippen molar-refractivity contribution in [2.75, 3.05) is 13.7 Å². The molecule has 2 rings (SSSR count). The summed E-state index contributed by atoms with van der Waals surface area (Å²) in [5.74, 6) is 0.970. The van der Waals surface area contributed by atoms with Crippen LogP contribution < -0.4 is 10.1 Å². The van der Waals surface area contributed by atoms with E-state index < -0.39 is 0 Å². The maximum absolute atomic E-state index is 5.41. The first-order valence-corrected chi connectivity index (χ1v) is 7.94.